The van der Waals surface area contributed by atoms with Crippen molar-refractivity contribution in [3.8, 4) is 0 Å². The molecule has 1 fully saturated rings. The van der Waals surface area contributed by atoms with Crippen molar-refractivity contribution >= 4 is 5.91 Å². The molecule has 4 N–H and O–H groups in total. The molecule has 0 radical (unpaired) electrons. The molecule has 1 aromatic rings. The highest BCUT2D eigenvalue weighted by Crippen LogP contribution is 2.47. The summed E-state index contributed by atoms with van der Waals surface area (Å²) in [6.07, 6.45) is 4.72. The molecule has 2 rings (SSSR count). The van der Waals surface area contributed by atoms with Crippen LogP contribution >= 0.6 is 0 Å². The van der Waals surface area contributed by atoms with Crippen molar-refractivity contribution < 1.29 is 9.53 Å². The molecule has 1 saturated carbocycles. The lowest BCUT2D eigenvalue weighted by Gasteiger charge is -2.44. The van der Waals surface area contributed by atoms with Gasteiger partial charge in [0.05, 0.1) is 0 Å². The number of nitrogens with two attached hydrogens (primary N) is 2. The van der Waals surface area contributed by atoms with E-state index in [2.05, 4.69) is 6.92 Å². The predicted molar refractivity (Wildman–Crippen MR) is 78.9 cm³/mol. The van der Waals surface area contributed by atoms with Crippen LogP contribution in [-0.2, 0) is 10.3 Å². The molecule has 1 aliphatic carbocycles. The Morgan fingerprint density at radius 3 is 2.85 bits per heavy atom. The van der Waals surface area contributed by atoms with Crippen molar-refractivity contribution in [2.75, 3.05) is 7.11 Å². The van der Waals surface area contributed by atoms with Crippen LogP contribution in [0.15, 0.2) is 36.0 Å². The fraction of sp³-hybridized carbons (Fsp3) is 0.438. The molecule has 0 heterocycles. The van der Waals surface area contributed by atoms with Gasteiger partial charge in [-0.15, -0.1) is 0 Å². The van der Waals surface area contributed by atoms with E-state index < -0.39 is 11.5 Å². The average molecular weight is 274 g/mol. The zero-order chi connectivity index (χ0) is 14.8. The maximum Gasteiger partial charge on any atom is 0.248 e. The van der Waals surface area contributed by atoms with Crippen LogP contribution in [0.2, 0.25) is 0 Å². The van der Waals surface area contributed by atoms with Crippen molar-refractivity contribution in [1.29, 1.82) is 0 Å². The monoisotopic (exact) mass is 274 g/mol. The first-order chi connectivity index (χ1) is 9.56. The van der Waals surface area contributed by atoms with E-state index in [1.165, 1.54) is 0 Å². The summed E-state index contributed by atoms with van der Waals surface area (Å²) in [5.41, 5.74) is 13.1. The van der Waals surface area contributed by atoms with Crippen LogP contribution in [0.4, 0.5) is 0 Å². The van der Waals surface area contributed by atoms with Gasteiger partial charge in [-0.2, -0.15) is 0 Å². The largest absolute Gasteiger partial charge is 0.405 e. The minimum atomic E-state index is -0.557. The first-order valence-corrected chi connectivity index (χ1v) is 6.93. The number of hydrogen-bond acceptors (Lipinski definition) is 3. The third-order valence-electron chi connectivity index (χ3n) is 4.35. The fourth-order valence-corrected chi connectivity index (χ4v) is 3.33. The standard InChI is InChI=1S/C16H22N2O2/c1-11-5-3-8-14(10-17)16(11,20-2)13-7-4-6-12(9-13)15(18)19/h4,6-7,9-11H,3,5,8,17H2,1-2H3,(H2,18,19)/b14-10+. The second-order valence-corrected chi connectivity index (χ2v) is 5.37. The van der Waals surface area contributed by atoms with Crippen LogP contribution in [0.25, 0.3) is 0 Å². The van der Waals surface area contributed by atoms with Gasteiger partial charge in [0.25, 0.3) is 0 Å². The Kier molecular flexibility index (Phi) is 4.14. The Labute approximate surface area is 119 Å². The van der Waals surface area contributed by atoms with E-state index in [9.17, 15) is 4.79 Å². The first-order valence-electron chi connectivity index (χ1n) is 6.93. The number of rotatable bonds is 3. The van der Waals surface area contributed by atoms with Crippen molar-refractivity contribution in [3.05, 3.63) is 47.2 Å². The summed E-state index contributed by atoms with van der Waals surface area (Å²) in [6, 6.07) is 7.35. The molecule has 4 nitrogen and oxygen atoms in total. The van der Waals surface area contributed by atoms with Crippen molar-refractivity contribution in [2.45, 2.75) is 31.8 Å². The highest BCUT2D eigenvalue weighted by atomic mass is 16.5. The quantitative estimate of drug-likeness (QED) is 0.887. The number of carbonyl (C=O) groups is 1. The van der Waals surface area contributed by atoms with Gasteiger partial charge >= 0.3 is 0 Å². The molecule has 1 amide bonds. The Morgan fingerprint density at radius 1 is 1.50 bits per heavy atom. The van der Waals surface area contributed by atoms with Crippen molar-refractivity contribution in [2.24, 2.45) is 17.4 Å². The van der Waals surface area contributed by atoms with Crippen molar-refractivity contribution in [1.82, 2.24) is 0 Å². The van der Waals surface area contributed by atoms with Gasteiger partial charge in [0.15, 0.2) is 0 Å². The molecule has 0 spiro atoms. The smallest absolute Gasteiger partial charge is 0.248 e. The van der Waals surface area contributed by atoms with Crippen LogP contribution in [0.3, 0.4) is 0 Å². The number of amides is 1. The Morgan fingerprint density at radius 2 is 2.25 bits per heavy atom. The SMILES string of the molecule is COC1(c2cccc(C(N)=O)c2)/C(=C/N)CCCC1C. The summed E-state index contributed by atoms with van der Waals surface area (Å²) in [6.45, 7) is 2.16. The van der Waals surface area contributed by atoms with Gasteiger partial charge in [-0.25, -0.2) is 0 Å². The Balaban J connectivity index is 2.59. The number of benzene rings is 1. The summed E-state index contributed by atoms with van der Waals surface area (Å²) in [5, 5.41) is 0. The summed E-state index contributed by atoms with van der Waals surface area (Å²) in [5.74, 6) is -0.140. The predicted octanol–water partition coefficient (Wildman–Crippen LogP) is 2.29. The third kappa shape index (κ3) is 2.20. The van der Waals surface area contributed by atoms with Crippen LogP contribution < -0.4 is 11.5 Å². The van der Waals surface area contributed by atoms with Crippen LogP contribution in [-0.4, -0.2) is 13.0 Å². The minimum Gasteiger partial charge on any atom is -0.405 e. The lowest BCUT2D eigenvalue weighted by Crippen LogP contribution is -2.41. The average Bonchev–Trinajstić information content (AvgIpc) is 2.47. The Hall–Kier alpha value is -1.81. The third-order valence-corrected chi connectivity index (χ3v) is 4.35. The van der Waals surface area contributed by atoms with Gasteiger partial charge < -0.3 is 16.2 Å². The Bertz CT molecular complexity index is 539. The number of carbonyl (C=O) groups excluding carboxylic acids is 1. The summed E-state index contributed by atoms with van der Waals surface area (Å²) >= 11 is 0. The molecule has 0 aliphatic heterocycles. The van der Waals surface area contributed by atoms with E-state index >= 15 is 0 Å². The number of hydrogen-bond donors (Lipinski definition) is 2. The molecule has 20 heavy (non-hydrogen) atoms. The number of ether oxygens (including phenoxy) is 1. The van der Waals surface area contributed by atoms with Crippen LogP contribution in [0.1, 0.15) is 42.1 Å². The van der Waals surface area contributed by atoms with E-state index in [0.29, 0.717) is 11.5 Å². The molecule has 0 bridgehead atoms. The highest BCUT2D eigenvalue weighted by molar-refractivity contribution is 5.93. The fourth-order valence-electron chi connectivity index (χ4n) is 3.33. The van der Waals surface area contributed by atoms with Crippen molar-refractivity contribution in [3.63, 3.8) is 0 Å². The lowest BCUT2D eigenvalue weighted by atomic mass is 9.69. The molecule has 4 heteroatoms. The molecular formula is C16H22N2O2. The molecule has 1 aliphatic rings. The molecule has 1 aromatic carbocycles. The minimum absolute atomic E-state index is 0.291. The maximum atomic E-state index is 11.4. The van der Waals surface area contributed by atoms with E-state index in [1.54, 1.807) is 19.4 Å². The van der Waals surface area contributed by atoms with Gasteiger partial charge in [0.2, 0.25) is 5.91 Å². The molecule has 2 atom stereocenters. The molecule has 0 saturated heterocycles. The van der Waals surface area contributed by atoms with Crippen LogP contribution in [0, 0.1) is 5.92 Å². The maximum absolute atomic E-state index is 11.4. The highest BCUT2D eigenvalue weighted by Gasteiger charge is 2.43. The summed E-state index contributed by atoms with van der Waals surface area (Å²) < 4.78 is 5.91. The van der Waals surface area contributed by atoms with E-state index in [-0.39, 0.29) is 0 Å². The van der Waals surface area contributed by atoms with Gasteiger partial charge in [0.1, 0.15) is 5.60 Å². The number of primary amides is 1. The molecule has 108 valence electrons. The van der Waals surface area contributed by atoms with E-state index in [4.69, 9.17) is 16.2 Å². The van der Waals surface area contributed by atoms with Gasteiger partial charge in [-0.05, 0) is 54.6 Å². The normalized spacial score (nSPS) is 28.5. The second-order valence-electron chi connectivity index (χ2n) is 5.37. The van der Waals surface area contributed by atoms with E-state index in [0.717, 1.165) is 30.4 Å². The second kappa shape index (κ2) is 5.67. The topological polar surface area (TPSA) is 78.3 Å². The molecule has 2 unspecified atom stereocenters. The first kappa shape index (κ1) is 14.6. The lowest BCUT2D eigenvalue weighted by molar-refractivity contribution is -0.0431. The van der Waals surface area contributed by atoms with Gasteiger partial charge in [0, 0.05) is 12.7 Å². The van der Waals surface area contributed by atoms with Crippen LogP contribution in [0.5, 0.6) is 0 Å². The zero-order valence-electron chi connectivity index (χ0n) is 12.1. The van der Waals surface area contributed by atoms with Gasteiger partial charge in [-0.3, -0.25) is 4.79 Å². The zero-order valence-corrected chi connectivity index (χ0v) is 12.1. The number of methoxy groups -OCH3 is 1. The van der Waals surface area contributed by atoms with Gasteiger partial charge in [-0.1, -0.05) is 19.1 Å². The summed E-state index contributed by atoms with van der Waals surface area (Å²) in [7, 11) is 1.70. The molecule has 0 aromatic heterocycles. The molecular weight excluding hydrogens is 252 g/mol. The van der Waals surface area contributed by atoms with E-state index in [1.807, 2.05) is 18.2 Å². The summed E-state index contributed by atoms with van der Waals surface area (Å²) in [4.78, 5) is 11.4.